The molecule has 0 aliphatic rings. The van der Waals surface area contributed by atoms with Crippen LogP contribution in [-0.2, 0) is 60.6 Å². The quantitative estimate of drug-likeness (QED) is 0.0208. The summed E-state index contributed by atoms with van der Waals surface area (Å²) in [5, 5.41) is 0. The smallest absolute Gasteiger partial charge is 0.330 e. The van der Waals surface area contributed by atoms with Crippen molar-refractivity contribution in [3.63, 3.8) is 0 Å². The molecule has 64 heavy (non-hydrogen) atoms. The molecule has 6 atom stereocenters. The third kappa shape index (κ3) is 28.7. The molecule has 0 spiro atoms. The molecule has 0 N–H and O–H groups in total. The lowest BCUT2D eigenvalue weighted by Crippen LogP contribution is -2.35. The fourth-order valence-electron chi connectivity index (χ4n) is 7.86. The summed E-state index contributed by atoms with van der Waals surface area (Å²) >= 11 is 0. The van der Waals surface area contributed by atoms with Gasteiger partial charge in [0.2, 0.25) is 0 Å². The van der Waals surface area contributed by atoms with Crippen molar-refractivity contribution >= 4 is 5.97 Å². The monoisotopic (exact) mass is 899 g/mol. The van der Waals surface area contributed by atoms with E-state index in [1.165, 1.54) is 77.0 Å². The van der Waals surface area contributed by atoms with Gasteiger partial charge in [-0.05, 0) is 36.1 Å². The van der Waals surface area contributed by atoms with E-state index in [9.17, 15) is 4.79 Å². The average molecular weight is 899 g/mol. The molecule has 364 valence electrons. The number of rotatable bonds is 44. The van der Waals surface area contributed by atoms with Crippen molar-refractivity contribution in [1.82, 2.24) is 0 Å². The first-order chi connectivity index (χ1) is 31.4. The lowest BCUT2D eigenvalue weighted by Gasteiger charge is -2.31. The number of esters is 1. The minimum Gasteiger partial charge on any atom is -0.497 e. The molecule has 2 rings (SSSR count). The van der Waals surface area contributed by atoms with Gasteiger partial charge in [0, 0.05) is 59.5 Å². The van der Waals surface area contributed by atoms with Gasteiger partial charge in [0.05, 0.1) is 50.8 Å². The van der Waals surface area contributed by atoms with Gasteiger partial charge >= 0.3 is 5.97 Å². The second-order valence-electron chi connectivity index (χ2n) is 16.8. The zero-order valence-corrected chi connectivity index (χ0v) is 40.4. The van der Waals surface area contributed by atoms with E-state index < -0.39 is 12.1 Å². The van der Waals surface area contributed by atoms with Crippen LogP contribution in [0.1, 0.15) is 146 Å². The highest BCUT2D eigenvalue weighted by Crippen LogP contribution is 2.27. The van der Waals surface area contributed by atoms with Gasteiger partial charge in [0.1, 0.15) is 32.2 Å². The van der Waals surface area contributed by atoms with Crippen LogP contribution < -0.4 is 4.74 Å². The Balaban J connectivity index is 2.27. The van der Waals surface area contributed by atoms with Crippen molar-refractivity contribution in [1.29, 1.82) is 0 Å². The van der Waals surface area contributed by atoms with Crippen molar-refractivity contribution in [2.24, 2.45) is 0 Å². The summed E-state index contributed by atoms with van der Waals surface area (Å²) in [4.78, 5) is 12.2. The van der Waals surface area contributed by atoms with Crippen LogP contribution in [0, 0.1) is 0 Å². The molecule has 0 aliphatic heterocycles. The molecular formula is C53H86O11. The highest BCUT2D eigenvalue weighted by molar-refractivity contribution is 5.81. The number of benzene rings is 2. The number of unbranched alkanes of at least 4 members (excludes halogenated alkanes) is 12. The minimum absolute atomic E-state index is 0.0238. The van der Waals surface area contributed by atoms with Crippen molar-refractivity contribution in [3.05, 3.63) is 91.0 Å². The van der Waals surface area contributed by atoms with Crippen molar-refractivity contribution in [2.75, 3.05) is 48.8 Å². The number of carbonyl (C=O) groups excluding carboxylic acids is 1. The topological polar surface area (TPSA) is 109 Å². The second kappa shape index (κ2) is 39.1. The van der Waals surface area contributed by atoms with Crippen molar-refractivity contribution in [2.45, 2.75) is 185 Å². The number of ether oxygens (including phenoxy) is 10. The Morgan fingerprint density at radius 3 is 1.39 bits per heavy atom. The zero-order valence-electron chi connectivity index (χ0n) is 40.4. The first-order valence-electron chi connectivity index (χ1n) is 24.0. The molecular weight excluding hydrogens is 813 g/mol. The van der Waals surface area contributed by atoms with Crippen LogP contribution in [0.25, 0.3) is 0 Å². The maximum atomic E-state index is 12.2. The lowest BCUT2D eigenvalue weighted by molar-refractivity contribution is -0.153. The Kier molecular flexibility index (Phi) is 34.8. The molecule has 0 bridgehead atoms. The summed E-state index contributed by atoms with van der Waals surface area (Å²) in [5.74, 6) is 0.295. The van der Waals surface area contributed by atoms with Gasteiger partial charge in [-0.25, -0.2) is 4.79 Å². The van der Waals surface area contributed by atoms with E-state index in [4.69, 9.17) is 47.4 Å². The Morgan fingerprint density at radius 1 is 0.516 bits per heavy atom. The standard InChI is InChI=1S/C53H86O11/c1-8-11-12-13-14-15-16-17-18-19-20-21-25-29-47(59-39-44-27-23-22-24-28-44)34-49(60-40-45-30-32-46(58-7)33-31-45)36-51(62-42-56-5)38-52(63-43-57-6)37-50(61-41-55-4)35-48(26-9-2)64-53(54)10-3/h9-10,22-24,27-28,30-33,47-52H,2-3,8,11-21,25-26,29,34-43H2,1,4-7H3/t47-,48-,49+,50-,51+,52-/m1/s1. The molecule has 2 aromatic rings. The van der Waals surface area contributed by atoms with E-state index in [1.807, 2.05) is 30.3 Å². The van der Waals surface area contributed by atoms with Gasteiger partial charge < -0.3 is 47.4 Å². The maximum absolute atomic E-state index is 12.2. The van der Waals surface area contributed by atoms with Crippen LogP contribution in [-0.4, -0.2) is 91.4 Å². The van der Waals surface area contributed by atoms with Crippen LogP contribution in [0.3, 0.4) is 0 Å². The second-order valence-corrected chi connectivity index (χ2v) is 16.8. The highest BCUT2D eigenvalue weighted by atomic mass is 16.7. The molecule has 11 heteroatoms. The summed E-state index contributed by atoms with van der Waals surface area (Å²) in [6.07, 6.45) is 22.2. The fraction of sp³-hybridized carbons (Fsp3) is 0.679. The molecule has 0 saturated carbocycles. The molecule has 0 fully saturated rings. The van der Waals surface area contributed by atoms with Gasteiger partial charge in [0.15, 0.2) is 0 Å². The van der Waals surface area contributed by atoms with E-state index in [1.54, 1.807) is 34.5 Å². The normalized spacial score (nSPS) is 14.3. The van der Waals surface area contributed by atoms with Gasteiger partial charge in [-0.3, -0.25) is 0 Å². The summed E-state index contributed by atoms with van der Waals surface area (Å²) < 4.78 is 59.6. The third-order valence-corrected chi connectivity index (χ3v) is 11.4. The first-order valence-corrected chi connectivity index (χ1v) is 24.0. The van der Waals surface area contributed by atoms with Crippen molar-refractivity contribution in [3.8, 4) is 5.75 Å². The van der Waals surface area contributed by atoms with Crippen LogP contribution in [0.4, 0.5) is 0 Å². The number of methoxy groups -OCH3 is 4. The van der Waals surface area contributed by atoms with Gasteiger partial charge in [-0.1, -0.05) is 146 Å². The van der Waals surface area contributed by atoms with E-state index in [0.29, 0.717) is 51.7 Å². The first kappa shape index (κ1) is 57.0. The average Bonchev–Trinajstić information content (AvgIpc) is 3.31. The number of hydrogen-bond acceptors (Lipinski definition) is 11. The molecule has 0 unspecified atom stereocenters. The largest absolute Gasteiger partial charge is 0.497 e. The molecule has 0 saturated heterocycles. The molecule has 0 aliphatic carbocycles. The Hall–Kier alpha value is -3.13. The minimum atomic E-state index is -0.502. The zero-order chi connectivity index (χ0) is 46.3. The third-order valence-electron chi connectivity index (χ3n) is 11.4. The van der Waals surface area contributed by atoms with E-state index in [-0.39, 0.29) is 50.9 Å². The summed E-state index contributed by atoms with van der Waals surface area (Å²) in [5.41, 5.74) is 2.19. The van der Waals surface area contributed by atoms with Gasteiger partial charge in [-0.2, -0.15) is 0 Å². The summed E-state index contributed by atoms with van der Waals surface area (Å²) in [7, 11) is 6.46. The molecule has 11 nitrogen and oxygen atoms in total. The predicted octanol–water partition coefficient (Wildman–Crippen LogP) is 12.2. The number of hydrogen-bond donors (Lipinski definition) is 0. The van der Waals surface area contributed by atoms with E-state index >= 15 is 0 Å². The molecule has 2 aromatic carbocycles. The molecule has 0 aromatic heterocycles. The number of carbonyl (C=O) groups is 1. The highest BCUT2D eigenvalue weighted by Gasteiger charge is 2.29. The van der Waals surface area contributed by atoms with E-state index in [2.05, 4.69) is 44.3 Å². The van der Waals surface area contributed by atoms with Crippen molar-refractivity contribution < 1.29 is 52.2 Å². The van der Waals surface area contributed by atoms with Crippen LogP contribution in [0.2, 0.25) is 0 Å². The predicted molar refractivity (Wildman–Crippen MR) is 255 cm³/mol. The lowest BCUT2D eigenvalue weighted by atomic mass is 9.95. The van der Waals surface area contributed by atoms with Gasteiger partial charge in [-0.15, -0.1) is 6.58 Å². The Morgan fingerprint density at radius 2 is 0.938 bits per heavy atom. The van der Waals surface area contributed by atoms with Crippen LogP contribution in [0.5, 0.6) is 5.75 Å². The van der Waals surface area contributed by atoms with E-state index in [0.717, 1.165) is 35.8 Å². The molecule has 0 heterocycles. The SMILES string of the molecule is C=CC[C@H](C[C@H](C[C@H](C[C@H](C[C@H](C[C@@H](CCCCCCCCCCCCCCC)OCc1ccccc1)OCc1ccc(OC)cc1)OCOC)OCOC)OCOC)OC(=O)C=C. The van der Waals surface area contributed by atoms with Crippen LogP contribution in [0.15, 0.2) is 79.9 Å². The molecule has 0 radical (unpaired) electrons. The summed E-state index contributed by atoms with van der Waals surface area (Å²) in [6, 6.07) is 18.3. The maximum Gasteiger partial charge on any atom is 0.330 e. The Bertz CT molecular complexity index is 1390. The van der Waals surface area contributed by atoms with Crippen LogP contribution >= 0.6 is 0 Å². The van der Waals surface area contributed by atoms with Gasteiger partial charge in [0.25, 0.3) is 0 Å². The Labute approximate surface area is 387 Å². The summed E-state index contributed by atoms with van der Waals surface area (Å²) in [6.45, 7) is 10.9. The molecule has 0 amide bonds. The fourth-order valence-corrected chi connectivity index (χ4v) is 7.86.